The summed E-state index contributed by atoms with van der Waals surface area (Å²) < 4.78 is 0. The fourth-order valence-corrected chi connectivity index (χ4v) is 3.54. The minimum Gasteiger partial charge on any atom is -0.372 e. The molecule has 2 rings (SSSR count). The summed E-state index contributed by atoms with van der Waals surface area (Å²) in [5.74, 6) is -0.287. The van der Waals surface area contributed by atoms with E-state index in [-0.39, 0.29) is 18.2 Å². The smallest absolute Gasteiger partial charge is 0.233 e. The molecule has 1 aromatic rings. The molecule has 0 spiro atoms. The maximum atomic E-state index is 12.4. The lowest BCUT2D eigenvalue weighted by Gasteiger charge is -2.35. The number of amides is 2. The molecule has 1 aliphatic rings. The number of likely N-dealkylation sites (tertiary alicyclic amines) is 1. The topological polar surface area (TPSA) is 52.7 Å². The van der Waals surface area contributed by atoms with Crippen LogP contribution in [0.1, 0.15) is 52.9 Å². The summed E-state index contributed by atoms with van der Waals surface area (Å²) in [6, 6.07) is 8.09. The van der Waals surface area contributed by atoms with Crippen molar-refractivity contribution >= 4 is 23.2 Å². The third-order valence-corrected chi connectivity index (χ3v) is 5.01. The lowest BCUT2D eigenvalue weighted by atomic mass is 9.99. The molecule has 1 aliphatic heterocycles. The Morgan fingerprint density at radius 2 is 1.80 bits per heavy atom. The minimum absolute atomic E-state index is 0.0520. The van der Waals surface area contributed by atoms with Crippen LogP contribution in [-0.2, 0) is 9.59 Å². The number of carbonyl (C=O) groups excluding carboxylic acids is 2. The molecular weight excluding hydrogens is 314 g/mol. The number of nitrogens with one attached hydrogen (secondary N) is 1. The summed E-state index contributed by atoms with van der Waals surface area (Å²) in [7, 11) is 0. The minimum atomic E-state index is -0.235. The van der Waals surface area contributed by atoms with Crippen LogP contribution in [0.25, 0.3) is 0 Å². The van der Waals surface area contributed by atoms with Gasteiger partial charge in [0.1, 0.15) is 6.42 Å². The van der Waals surface area contributed by atoms with Gasteiger partial charge in [-0.1, -0.05) is 6.92 Å². The van der Waals surface area contributed by atoms with Crippen molar-refractivity contribution in [3.63, 3.8) is 0 Å². The fourth-order valence-electron chi connectivity index (χ4n) is 3.54. The van der Waals surface area contributed by atoms with Crippen LogP contribution in [0.4, 0.5) is 11.4 Å². The SMILES string of the molecule is CCC1CCCCN1C(=O)CC(=O)Nc1ccc(N(CC)CC)cc1. The second-order valence-electron chi connectivity index (χ2n) is 6.59. The molecule has 1 aromatic carbocycles. The van der Waals surface area contributed by atoms with Crippen LogP contribution < -0.4 is 10.2 Å². The highest BCUT2D eigenvalue weighted by Crippen LogP contribution is 2.21. The van der Waals surface area contributed by atoms with Gasteiger partial charge in [-0.3, -0.25) is 9.59 Å². The molecule has 1 heterocycles. The average Bonchev–Trinajstić information content (AvgIpc) is 2.64. The molecule has 25 heavy (non-hydrogen) atoms. The zero-order chi connectivity index (χ0) is 18.2. The van der Waals surface area contributed by atoms with Gasteiger partial charge in [0.2, 0.25) is 11.8 Å². The predicted octanol–water partition coefficient (Wildman–Crippen LogP) is 3.65. The van der Waals surface area contributed by atoms with Crippen LogP contribution >= 0.6 is 0 Å². The highest BCUT2D eigenvalue weighted by atomic mass is 16.2. The van der Waals surface area contributed by atoms with Crippen LogP contribution in [0.2, 0.25) is 0 Å². The van der Waals surface area contributed by atoms with Crippen LogP contribution in [-0.4, -0.2) is 42.4 Å². The lowest BCUT2D eigenvalue weighted by molar-refractivity contribution is -0.137. The molecule has 1 unspecified atom stereocenters. The van der Waals surface area contributed by atoms with Crippen molar-refractivity contribution in [2.45, 2.75) is 58.9 Å². The van der Waals surface area contributed by atoms with E-state index in [1.807, 2.05) is 29.2 Å². The van der Waals surface area contributed by atoms with E-state index in [1.165, 1.54) is 6.42 Å². The summed E-state index contributed by atoms with van der Waals surface area (Å²) in [6.45, 7) is 9.02. The van der Waals surface area contributed by atoms with E-state index < -0.39 is 0 Å². The maximum Gasteiger partial charge on any atom is 0.233 e. The zero-order valence-electron chi connectivity index (χ0n) is 15.8. The number of anilines is 2. The van der Waals surface area contributed by atoms with E-state index in [4.69, 9.17) is 0 Å². The predicted molar refractivity (Wildman–Crippen MR) is 103 cm³/mol. The number of hydrogen-bond donors (Lipinski definition) is 1. The van der Waals surface area contributed by atoms with E-state index in [1.54, 1.807) is 0 Å². The van der Waals surface area contributed by atoms with E-state index in [0.717, 1.165) is 50.3 Å². The Bertz CT molecular complexity index is 567. The van der Waals surface area contributed by atoms with Gasteiger partial charge in [0.15, 0.2) is 0 Å². The van der Waals surface area contributed by atoms with Gasteiger partial charge in [-0.05, 0) is 63.8 Å². The van der Waals surface area contributed by atoms with Gasteiger partial charge in [0.25, 0.3) is 0 Å². The van der Waals surface area contributed by atoms with Crippen LogP contribution in [0.5, 0.6) is 0 Å². The summed E-state index contributed by atoms with van der Waals surface area (Å²) in [4.78, 5) is 28.8. The molecule has 0 aromatic heterocycles. The van der Waals surface area contributed by atoms with Crippen molar-refractivity contribution in [3.05, 3.63) is 24.3 Å². The zero-order valence-corrected chi connectivity index (χ0v) is 15.8. The highest BCUT2D eigenvalue weighted by molar-refractivity contribution is 6.03. The molecule has 1 fully saturated rings. The van der Waals surface area contributed by atoms with Crippen molar-refractivity contribution in [3.8, 4) is 0 Å². The molecule has 1 saturated heterocycles. The van der Waals surface area contributed by atoms with Crippen LogP contribution in [0.15, 0.2) is 24.3 Å². The summed E-state index contributed by atoms with van der Waals surface area (Å²) in [5.41, 5.74) is 1.87. The molecule has 1 atom stereocenters. The largest absolute Gasteiger partial charge is 0.372 e. The molecule has 0 saturated carbocycles. The standard InChI is InChI=1S/C20H31N3O2/c1-4-17-9-7-8-14-23(17)20(25)15-19(24)21-16-10-12-18(13-11-16)22(5-2)6-3/h10-13,17H,4-9,14-15H2,1-3H3,(H,21,24). The molecule has 0 radical (unpaired) electrons. The van der Waals surface area contributed by atoms with E-state index in [9.17, 15) is 9.59 Å². The van der Waals surface area contributed by atoms with E-state index in [2.05, 4.69) is 31.0 Å². The van der Waals surface area contributed by atoms with E-state index >= 15 is 0 Å². The second kappa shape index (κ2) is 9.44. The van der Waals surface area contributed by atoms with Crippen molar-refractivity contribution in [2.24, 2.45) is 0 Å². The Morgan fingerprint density at radius 3 is 2.40 bits per heavy atom. The molecule has 5 heteroatoms. The monoisotopic (exact) mass is 345 g/mol. The fraction of sp³-hybridized carbons (Fsp3) is 0.600. The van der Waals surface area contributed by atoms with Crippen molar-refractivity contribution < 1.29 is 9.59 Å². The summed E-state index contributed by atoms with van der Waals surface area (Å²) in [6.07, 6.45) is 4.15. The van der Waals surface area contributed by atoms with Gasteiger partial charge >= 0.3 is 0 Å². The van der Waals surface area contributed by atoms with Gasteiger partial charge in [0, 0.05) is 37.1 Å². The lowest BCUT2D eigenvalue weighted by Crippen LogP contribution is -2.44. The van der Waals surface area contributed by atoms with Gasteiger partial charge < -0.3 is 15.1 Å². The van der Waals surface area contributed by atoms with Gasteiger partial charge in [-0.15, -0.1) is 0 Å². The van der Waals surface area contributed by atoms with Gasteiger partial charge in [0.05, 0.1) is 0 Å². The summed E-state index contributed by atoms with van der Waals surface area (Å²) >= 11 is 0. The first-order chi connectivity index (χ1) is 12.1. The van der Waals surface area contributed by atoms with Crippen molar-refractivity contribution in [1.29, 1.82) is 0 Å². The Morgan fingerprint density at radius 1 is 1.12 bits per heavy atom. The third kappa shape index (κ3) is 5.21. The summed E-state index contributed by atoms with van der Waals surface area (Å²) in [5, 5.41) is 2.84. The van der Waals surface area contributed by atoms with Crippen molar-refractivity contribution in [1.82, 2.24) is 4.90 Å². The highest BCUT2D eigenvalue weighted by Gasteiger charge is 2.26. The average molecular weight is 345 g/mol. The Labute approximate surface area is 151 Å². The normalized spacial score (nSPS) is 17.2. The molecule has 1 N–H and O–H groups in total. The quantitative estimate of drug-likeness (QED) is 0.768. The molecule has 0 bridgehead atoms. The first-order valence-corrected chi connectivity index (χ1v) is 9.53. The Hall–Kier alpha value is -2.04. The number of benzene rings is 1. The molecule has 138 valence electrons. The Balaban J connectivity index is 1.90. The first kappa shape index (κ1) is 19.3. The molecule has 5 nitrogen and oxygen atoms in total. The molecule has 0 aliphatic carbocycles. The van der Waals surface area contributed by atoms with Crippen LogP contribution in [0, 0.1) is 0 Å². The first-order valence-electron chi connectivity index (χ1n) is 9.53. The number of rotatable bonds is 7. The van der Waals surface area contributed by atoms with Gasteiger partial charge in [-0.2, -0.15) is 0 Å². The van der Waals surface area contributed by atoms with E-state index in [0.29, 0.717) is 6.04 Å². The number of hydrogen-bond acceptors (Lipinski definition) is 3. The Kier molecular flexibility index (Phi) is 7.29. The van der Waals surface area contributed by atoms with Crippen molar-refractivity contribution in [2.75, 3.05) is 29.9 Å². The molecular formula is C20H31N3O2. The van der Waals surface area contributed by atoms with Crippen LogP contribution in [0.3, 0.4) is 0 Å². The third-order valence-electron chi connectivity index (χ3n) is 5.01. The second-order valence-corrected chi connectivity index (χ2v) is 6.59. The number of carbonyl (C=O) groups is 2. The number of piperidine rings is 1. The molecule has 2 amide bonds. The van der Waals surface area contributed by atoms with Gasteiger partial charge in [-0.25, -0.2) is 0 Å². The number of nitrogens with zero attached hydrogens (tertiary/aromatic N) is 2. The maximum absolute atomic E-state index is 12.4.